The van der Waals surface area contributed by atoms with Gasteiger partial charge in [-0.25, -0.2) is 4.98 Å². The lowest BCUT2D eigenvalue weighted by molar-refractivity contribution is 0.0673. The van der Waals surface area contributed by atoms with Gasteiger partial charge >= 0.3 is 0 Å². The molecule has 0 bridgehead atoms. The second kappa shape index (κ2) is 7.80. The van der Waals surface area contributed by atoms with Crippen molar-refractivity contribution in [1.29, 1.82) is 5.26 Å². The monoisotopic (exact) mass is 335 g/mol. The lowest BCUT2D eigenvalue weighted by Gasteiger charge is -2.33. The summed E-state index contributed by atoms with van der Waals surface area (Å²) in [6.07, 6.45) is 4.59. The number of likely N-dealkylation sites (tertiary alicyclic amines) is 1. The molecule has 2 heterocycles. The molecule has 0 saturated carbocycles. The summed E-state index contributed by atoms with van der Waals surface area (Å²) in [4.78, 5) is 18.6. The topological polar surface area (TPSA) is 66.2 Å². The Morgan fingerprint density at radius 2 is 2.12 bits per heavy atom. The van der Waals surface area contributed by atoms with Crippen molar-refractivity contribution in [2.75, 3.05) is 20.2 Å². The maximum Gasteiger partial charge on any atom is 0.255 e. The van der Waals surface area contributed by atoms with Crippen molar-refractivity contribution in [1.82, 2.24) is 9.88 Å². The van der Waals surface area contributed by atoms with E-state index in [9.17, 15) is 4.79 Å². The number of nitriles is 1. The highest BCUT2D eigenvalue weighted by atomic mass is 16.5. The van der Waals surface area contributed by atoms with Crippen LogP contribution in [-0.4, -0.2) is 36.0 Å². The van der Waals surface area contributed by atoms with Gasteiger partial charge in [0.1, 0.15) is 17.5 Å². The molecule has 1 aromatic carbocycles. The van der Waals surface area contributed by atoms with E-state index in [1.165, 1.54) is 11.8 Å². The van der Waals surface area contributed by atoms with Crippen LogP contribution in [0.25, 0.3) is 0 Å². The number of carbonyl (C=O) groups is 1. The Morgan fingerprint density at radius 3 is 2.76 bits per heavy atom. The number of hydrogen-bond donors (Lipinski definition) is 0. The van der Waals surface area contributed by atoms with E-state index in [1.807, 2.05) is 23.1 Å². The molecule has 1 atom stereocenters. The minimum Gasteiger partial charge on any atom is -0.497 e. The van der Waals surface area contributed by atoms with Crippen LogP contribution in [0.5, 0.6) is 5.75 Å². The molecule has 1 unspecified atom stereocenters. The van der Waals surface area contributed by atoms with Crippen LogP contribution in [0, 0.1) is 17.2 Å². The smallest absolute Gasteiger partial charge is 0.255 e. The van der Waals surface area contributed by atoms with Gasteiger partial charge in [0.25, 0.3) is 5.91 Å². The first kappa shape index (κ1) is 17.0. The number of amides is 1. The average molecular weight is 335 g/mol. The predicted molar refractivity (Wildman–Crippen MR) is 94.3 cm³/mol. The van der Waals surface area contributed by atoms with E-state index >= 15 is 0 Å². The molecule has 0 N–H and O–H groups in total. The molecule has 5 nitrogen and oxygen atoms in total. The predicted octanol–water partition coefficient (Wildman–Crippen LogP) is 3.06. The molecule has 0 radical (unpaired) electrons. The molecule has 2 aromatic rings. The number of benzene rings is 1. The van der Waals surface area contributed by atoms with Crippen LogP contribution < -0.4 is 4.74 Å². The Morgan fingerprint density at radius 1 is 1.32 bits per heavy atom. The van der Waals surface area contributed by atoms with Gasteiger partial charge in [-0.3, -0.25) is 4.79 Å². The second-order valence-corrected chi connectivity index (χ2v) is 6.36. The van der Waals surface area contributed by atoms with Crippen molar-refractivity contribution in [2.45, 2.75) is 19.3 Å². The van der Waals surface area contributed by atoms with Crippen molar-refractivity contribution < 1.29 is 9.53 Å². The molecule has 1 saturated heterocycles. The van der Waals surface area contributed by atoms with Crippen LogP contribution >= 0.6 is 0 Å². The van der Waals surface area contributed by atoms with Crippen LogP contribution in [-0.2, 0) is 6.42 Å². The van der Waals surface area contributed by atoms with E-state index in [0.717, 1.165) is 38.1 Å². The van der Waals surface area contributed by atoms with Crippen molar-refractivity contribution in [3.05, 3.63) is 59.4 Å². The summed E-state index contributed by atoms with van der Waals surface area (Å²) in [5.74, 6) is 1.31. The molecule has 1 amide bonds. The van der Waals surface area contributed by atoms with Gasteiger partial charge in [0.15, 0.2) is 0 Å². The van der Waals surface area contributed by atoms with Gasteiger partial charge < -0.3 is 9.64 Å². The van der Waals surface area contributed by atoms with Crippen LogP contribution in [0.4, 0.5) is 0 Å². The molecule has 1 aliphatic rings. The van der Waals surface area contributed by atoms with Crippen molar-refractivity contribution in [3.8, 4) is 11.8 Å². The third kappa shape index (κ3) is 4.16. The molecule has 0 aliphatic carbocycles. The van der Waals surface area contributed by atoms with Gasteiger partial charge in [-0.05, 0) is 55.0 Å². The molecule has 1 fully saturated rings. The Kier molecular flexibility index (Phi) is 5.30. The fourth-order valence-corrected chi connectivity index (χ4v) is 3.28. The average Bonchev–Trinajstić information content (AvgIpc) is 2.68. The highest BCUT2D eigenvalue weighted by Gasteiger charge is 2.24. The molecule has 25 heavy (non-hydrogen) atoms. The number of ether oxygens (including phenoxy) is 1. The maximum atomic E-state index is 12.7. The molecular formula is C20H21N3O2. The van der Waals surface area contributed by atoms with Gasteiger partial charge in [-0.15, -0.1) is 0 Å². The first-order chi connectivity index (χ1) is 12.2. The number of aromatic nitrogens is 1. The molecule has 1 aliphatic heterocycles. The van der Waals surface area contributed by atoms with Crippen LogP contribution in [0.15, 0.2) is 42.6 Å². The summed E-state index contributed by atoms with van der Waals surface area (Å²) < 4.78 is 5.19. The lowest BCUT2D eigenvalue weighted by atomic mass is 9.91. The molecule has 1 aromatic heterocycles. The number of pyridine rings is 1. The Hall–Kier alpha value is -2.87. The summed E-state index contributed by atoms with van der Waals surface area (Å²) in [6.45, 7) is 1.53. The summed E-state index contributed by atoms with van der Waals surface area (Å²) in [6, 6.07) is 13.4. The quantitative estimate of drug-likeness (QED) is 0.861. The number of piperidine rings is 1. The fraction of sp³-hybridized carbons (Fsp3) is 0.350. The molecular weight excluding hydrogens is 314 g/mol. The normalized spacial score (nSPS) is 17.0. The van der Waals surface area contributed by atoms with Gasteiger partial charge in [-0.1, -0.05) is 12.1 Å². The minimum atomic E-state index is -0.00331. The molecule has 5 heteroatoms. The zero-order chi connectivity index (χ0) is 17.6. The Bertz CT molecular complexity index is 763. The number of nitrogens with zero attached hydrogens (tertiary/aromatic N) is 3. The number of methoxy groups -OCH3 is 1. The number of rotatable bonds is 4. The highest BCUT2D eigenvalue weighted by molar-refractivity contribution is 5.94. The van der Waals surface area contributed by atoms with Crippen LogP contribution in [0.3, 0.4) is 0 Å². The number of carbonyl (C=O) groups excluding carboxylic acids is 1. The molecule has 128 valence electrons. The van der Waals surface area contributed by atoms with Gasteiger partial charge in [0, 0.05) is 19.3 Å². The fourth-order valence-electron chi connectivity index (χ4n) is 3.28. The van der Waals surface area contributed by atoms with E-state index in [0.29, 0.717) is 17.2 Å². The van der Waals surface area contributed by atoms with Crippen molar-refractivity contribution in [2.24, 2.45) is 5.92 Å². The van der Waals surface area contributed by atoms with E-state index in [1.54, 1.807) is 19.2 Å². The van der Waals surface area contributed by atoms with Crippen molar-refractivity contribution >= 4 is 5.91 Å². The highest BCUT2D eigenvalue weighted by Crippen LogP contribution is 2.23. The molecule has 0 spiro atoms. The summed E-state index contributed by atoms with van der Waals surface area (Å²) in [5.41, 5.74) is 2.14. The minimum absolute atomic E-state index is 0.00331. The van der Waals surface area contributed by atoms with E-state index in [-0.39, 0.29) is 5.91 Å². The van der Waals surface area contributed by atoms with E-state index < -0.39 is 0 Å². The summed E-state index contributed by atoms with van der Waals surface area (Å²) in [7, 11) is 1.66. The Labute approximate surface area is 147 Å². The van der Waals surface area contributed by atoms with E-state index in [2.05, 4.69) is 17.1 Å². The third-order valence-corrected chi connectivity index (χ3v) is 4.61. The lowest BCUT2D eigenvalue weighted by Crippen LogP contribution is -2.40. The van der Waals surface area contributed by atoms with Crippen LogP contribution in [0.2, 0.25) is 0 Å². The first-order valence-corrected chi connectivity index (χ1v) is 8.48. The second-order valence-electron chi connectivity index (χ2n) is 6.36. The number of hydrogen-bond acceptors (Lipinski definition) is 4. The maximum absolute atomic E-state index is 12.7. The zero-order valence-corrected chi connectivity index (χ0v) is 14.3. The SMILES string of the molecule is COc1ccc(CC2CCCN(C(=O)c3ccc(C#N)nc3)C2)cc1. The third-order valence-electron chi connectivity index (χ3n) is 4.61. The van der Waals surface area contributed by atoms with Gasteiger partial charge in [0.2, 0.25) is 0 Å². The largest absolute Gasteiger partial charge is 0.497 e. The molecule has 3 rings (SSSR count). The zero-order valence-electron chi connectivity index (χ0n) is 14.3. The van der Waals surface area contributed by atoms with E-state index in [4.69, 9.17) is 10.00 Å². The summed E-state index contributed by atoms with van der Waals surface area (Å²) in [5, 5.41) is 8.81. The van der Waals surface area contributed by atoms with Crippen molar-refractivity contribution in [3.63, 3.8) is 0 Å². The summed E-state index contributed by atoms with van der Waals surface area (Å²) >= 11 is 0. The Balaban J connectivity index is 1.63. The standard InChI is InChI=1S/C20H21N3O2/c1-25-19-8-4-15(5-9-19)11-16-3-2-10-23(14-16)20(24)17-6-7-18(12-21)22-13-17/h4-9,13,16H,2-3,10-11,14H2,1H3. The van der Waals surface area contributed by atoms with Gasteiger partial charge in [0.05, 0.1) is 12.7 Å². The first-order valence-electron chi connectivity index (χ1n) is 8.48. The van der Waals surface area contributed by atoms with Crippen LogP contribution in [0.1, 0.15) is 34.5 Å². The van der Waals surface area contributed by atoms with Gasteiger partial charge in [-0.2, -0.15) is 5.26 Å².